The van der Waals surface area contributed by atoms with E-state index in [1.54, 1.807) is 0 Å². The van der Waals surface area contributed by atoms with Crippen molar-refractivity contribution >= 4 is 0 Å². The van der Waals surface area contributed by atoms with Crippen LogP contribution in [0.4, 0.5) is 0 Å². The van der Waals surface area contributed by atoms with Gasteiger partial charge in [0.15, 0.2) is 0 Å². The third-order valence-corrected chi connectivity index (χ3v) is 4.21. The Morgan fingerprint density at radius 1 is 1.20 bits per heavy atom. The van der Waals surface area contributed by atoms with E-state index in [-0.39, 0.29) is 5.60 Å². The van der Waals surface area contributed by atoms with Crippen LogP contribution in [0.25, 0.3) is 0 Å². The molecule has 2 rings (SSSR count). The average molecular weight is 211 g/mol. The van der Waals surface area contributed by atoms with Crippen molar-refractivity contribution in [1.29, 1.82) is 0 Å². The van der Waals surface area contributed by atoms with E-state index in [2.05, 4.69) is 18.7 Å². The van der Waals surface area contributed by atoms with E-state index in [0.29, 0.717) is 0 Å². The Labute approximate surface area is 93.7 Å². The first-order valence-corrected chi connectivity index (χ1v) is 6.59. The molecular formula is C13H25NO. The number of likely N-dealkylation sites (tertiary alicyclic amines) is 1. The zero-order valence-corrected chi connectivity index (χ0v) is 10.2. The fourth-order valence-electron chi connectivity index (χ4n) is 3.20. The monoisotopic (exact) mass is 211 g/mol. The Kier molecular flexibility index (Phi) is 3.36. The fourth-order valence-corrected chi connectivity index (χ4v) is 3.20. The van der Waals surface area contributed by atoms with Gasteiger partial charge in [0.2, 0.25) is 0 Å². The van der Waals surface area contributed by atoms with Gasteiger partial charge in [-0.3, -0.25) is 4.90 Å². The smallest absolute Gasteiger partial charge is 0.0900 e. The first-order valence-electron chi connectivity index (χ1n) is 6.59. The predicted molar refractivity (Wildman–Crippen MR) is 62.9 cm³/mol. The average Bonchev–Trinajstić information content (AvgIpc) is 2.16. The maximum atomic E-state index is 10.1. The summed E-state index contributed by atoms with van der Waals surface area (Å²) in [7, 11) is 0. The van der Waals surface area contributed by atoms with E-state index in [4.69, 9.17) is 0 Å². The molecule has 1 aliphatic carbocycles. The van der Waals surface area contributed by atoms with Gasteiger partial charge in [-0.25, -0.2) is 0 Å². The van der Waals surface area contributed by atoms with Gasteiger partial charge in [0.1, 0.15) is 0 Å². The molecule has 0 amide bonds. The van der Waals surface area contributed by atoms with Gasteiger partial charge in [0.25, 0.3) is 0 Å². The van der Waals surface area contributed by atoms with Crippen LogP contribution in [-0.4, -0.2) is 34.7 Å². The number of aliphatic hydroxyl groups is 1. The second-order valence-corrected chi connectivity index (χ2v) is 5.79. The lowest BCUT2D eigenvalue weighted by Crippen LogP contribution is -2.64. The lowest BCUT2D eigenvalue weighted by Gasteiger charge is -2.51. The molecule has 0 aromatic rings. The Balaban J connectivity index is 1.74. The first kappa shape index (κ1) is 11.4. The molecule has 1 aliphatic heterocycles. The summed E-state index contributed by atoms with van der Waals surface area (Å²) < 4.78 is 0. The predicted octanol–water partition coefficient (Wildman–Crippen LogP) is 2.41. The van der Waals surface area contributed by atoms with Crippen molar-refractivity contribution in [3.05, 3.63) is 0 Å². The van der Waals surface area contributed by atoms with Gasteiger partial charge in [-0.2, -0.15) is 0 Å². The van der Waals surface area contributed by atoms with Crippen LogP contribution in [-0.2, 0) is 0 Å². The van der Waals surface area contributed by atoms with Gasteiger partial charge in [-0.1, -0.05) is 20.3 Å². The van der Waals surface area contributed by atoms with Gasteiger partial charge >= 0.3 is 0 Å². The summed E-state index contributed by atoms with van der Waals surface area (Å²) >= 11 is 0. The van der Waals surface area contributed by atoms with Crippen LogP contribution in [0.2, 0.25) is 0 Å². The number of hydrogen-bond acceptors (Lipinski definition) is 2. The lowest BCUT2D eigenvalue weighted by atomic mass is 9.81. The Bertz CT molecular complexity index is 203. The normalized spacial score (nSPS) is 36.2. The zero-order chi connectivity index (χ0) is 10.9. The lowest BCUT2D eigenvalue weighted by molar-refractivity contribution is -0.125. The van der Waals surface area contributed by atoms with E-state index in [1.807, 2.05) is 0 Å². The highest BCUT2D eigenvalue weighted by atomic mass is 16.3. The van der Waals surface area contributed by atoms with Crippen LogP contribution >= 0.6 is 0 Å². The molecule has 0 atom stereocenters. The van der Waals surface area contributed by atoms with E-state index in [9.17, 15) is 5.11 Å². The number of nitrogens with zero attached hydrogens (tertiary/aromatic N) is 1. The van der Waals surface area contributed by atoms with Crippen molar-refractivity contribution in [2.75, 3.05) is 13.1 Å². The molecule has 88 valence electrons. The van der Waals surface area contributed by atoms with Crippen LogP contribution in [0, 0.1) is 5.92 Å². The van der Waals surface area contributed by atoms with Crippen molar-refractivity contribution < 1.29 is 5.11 Å². The standard InChI is InChI=1S/C13H25NO/c1-3-8-13(15)9-14(10-13)12-6-4-11(2)5-7-12/h11-12,15H,3-10H2,1-2H3. The highest BCUT2D eigenvalue weighted by molar-refractivity contribution is 4.98. The summed E-state index contributed by atoms with van der Waals surface area (Å²) in [5.74, 6) is 0.928. The molecule has 1 saturated carbocycles. The van der Waals surface area contributed by atoms with Crippen LogP contribution in [0.3, 0.4) is 0 Å². The van der Waals surface area contributed by atoms with Crippen LogP contribution in [0.15, 0.2) is 0 Å². The Hall–Kier alpha value is -0.0800. The van der Waals surface area contributed by atoms with Crippen molar-refractivity contribution in [3.63, 3.8) is 0 Å². The summed E-state index contributed by atoms with van der Waals surface area (Å²) in [6.07, 6.45) is 7.55. The third-order valence-electron chi connectivity index (χ3n) is 4.21. The van der Waals surface area contributed by atoms with E-state index in [1.165, 1.54) is 25.7 Å². The molecule has 0 unspecified atom stereocenters. The third kappa shape index (κ3) is 2.54. The SMILES string of the molecule is CCCC1(O)CN(C2CCC(C)CC2)C1. The molecule has 0 bridgehead atoms. The summed E-state index contributed by atoms with van der Waals surface area (Å²) in [6, 6.07) is 0.776. The summed E-state index contributed by atoms with van der Waals surface area (Å²) in [5, 5.41) is 10.1. The largest absolute Gasteiger partial charge is 0.387 e. The second-order valence-electron chi connectivity index (χ2n) is 5.79. The molecule has 2 aliphatic rings. The van der Waals surface area contributed by atoms with Gasteiger partial charge in [0, 0.05) is 19.1 Å². The minimum absolute atomic E-state index is 0.336. The molecule has 0 radical (unpaired) electrons. The van der Waals surface area contributed by atoms with Crippen molar-refractivity contribution in [3.8, 4) is 0 Å². The quantitative estimate of drug-likeness (QED) is 0.775. The van der Waals surface area contributed by atoms with Crippen LogP contribution in [0.1, 0.15) is 52.4 Å². The number of hydrogen-bond donors (Lipinski definition) is 1. The summed E-state index contributed by atoms with van der Waals surface area (Å²) in [6.45, 7) is 6.38. The highest BCUT2D eigenvalue weighted by Crippen LogP contribution is 2.34. The van der Waals surface area contributed by atoms with Crippen molar-refractivity contribution in [2.45, 2.75) is 64.0 Å². The Morgan fingerprint density at radius 2 is 1.80 bits per heavy atom. The van der Waals surface area contributed by atoms with Gasteiger partial charge in [-0.15, -0.1) is 0 Å². The molecule has 1 N–H and O–H groups in total. The fraction of sp³-hybridized carbons (Fsp3) is 1.00. The minimum atomic E-state index is -0.336. The molecular weight excluding hydrogens is 186 g/mol. The minimum Gasteiger partial charge on any atom is -0.387 e. The maximum absolute atomic E-state index is 10.1. The first-order chi connectivity index (χ1) is 7.13. The molecule has 0 aromatic carbocycles. The summed E-state index contributed by atoms with van der Waals surface area (Å²) in [5.41, 5.74) is -0.336. The topological polar surface area (TPSA) is 23.5 Å². The number of β-amino-alcohol motifs (C(OH)–C–C–N with tert-alkyl or cyclic N) is 1. The van der Waals surface area contributed by atoms with Gasteiger partial charge < -0.3 is 5.11 Å². The Morgan fingerprint density at radius 3 is 2.33 bits per heavy atom. The molecule has 2 fully saturated rings. The second kappa shape index (κ2) is 4.42. The molecule has 2 nitrogen and oxygen atoms in total. The van der Waals surface area contributed by atoms with Gasteiger partial charge in [0.05, 0.1) is 5.60 Å². The van der Waals surface area contributed by atoms with E-state index >= 15 is 0 Å². The van der Waals surface area contributed by atoms with Crippen molar-refractivity contribution in [2.24, 2.45) is 5.92 Å². The van der Waals surface area contributed by atoms with Gasteiger partial charge in [-0.05, 0) is 38.0 Å². The molecule has 0 aromatic heterocycles. The zero-order valence-electron chi connectivity index (χ0n) is 10.2. The highest BCUT2D eigenvalue weighted by Gasteiger charge is 2.43. The van der Waals surface area contributed by atoms with Crippen molar-refractivity contribution in [1.82, 2.24) is 4.90 Å². The van der Waals surface area contributed by atoms with E-state index < -0.39 is 0 Å². The maximum Gasteiger partial charge on any atom is 0.0900 e. The molecule has 1 heterocycles. The molecule has 0 spiro atoms. The molecule has 1 saturated heterocycles. The molecule has 15 heavy (non-hydrogen) atoms. The van der Waals surface area contributed by atoms with Crippen LogP contribution < -0.4 is 0 Å². The number of rotatable bonds is 3. The summed E-state index contributed by atoms with van der Waals surface area (Å²) in [4.78, 5) is 2.50. The van der Waals surface area contributed by atoms with E-state index in [0.717, 1.165) is 37.9 Å². The molecule has 2 heteroatoms. The van der Waals surface area contributed by atoms with Crippen LogP contribution in [0.5, 0.6) is 0 Å².